The molecule has 2 aromatic carbocycles. The van der Waals surface area contributed by atoms with Gasteiger partial charge in [-0.3, -0.25) is 0 Å². The van der Waals surface area contributed by atoms with Crippen LogP contribution in [0.2, 0.25) is 0 Å². The standard InChI is InChI=1S/C40H56N2.2C13H23.Pd/c1-4-7-10-11-12-13-14-15-16-17-18-19-21-28-38-33-39(36-29-22-26-34(31-36)24-9-6-3)42(41)40(38)37-30-23-27-35(32-37)25-20-8-5-2;2*1-3-5-7-9-11-13-12-10-8-6-4-2;/h22-23,26-27,29-33H,4-20,24-25H2,1-3H3;2*3,5-13H2,1H3;/q;2*-1;+2. The van der Waals surface area contributed by atoms with Crippen molar-refractivity contribution in [1.82, 2.24) is 0 Å². The van der Waals surface area contributed by atoms with Crippen LogP contribution in [0.15, 0.2) is 60.2 Å². The molecule has 0 saturated heterocycles. The Morgan fingerprint density at radius 1 is 0.420 bits per heavy atom. The first-order valence-corrected chi connectivity index (χ1v) is 28.9. The van der Waals surface area contributed by atoms with Crippen LogP contribution in [0.3, 0.4) is 0 Å². The van der Waals surface area contributed by atoms with Gasteiger partial charge in [-0.1, -0.05) is 257 Å². The molecule has 0 amide bonds. The Hall–Kier alpha value is -3.14. The van der Waals surface area contributed by atoms with Crippen LogP contribution < -0.4 is 0 Å². The van der Waals surface area contributed by atoms with Crippen molar-refractivity contribution in [2.75, 3.05) is 0 Å². The van der Waals surface area contributed by atoms with E-state index < -0.39 is 0 Å². The quantitative estimate of drug-likeness (QED) is 0.0211. The predicted octanol–water partition coefficient (Wildman–Crippen LogP) is 21.3. The van der Waals surface area contributed by atoms with Gasteiger partial charge in [0.2, 0.25) is 11.4 Å². The van der Waals surface area contributed by atoms with Crippen molar-refractivity contribution in [3.05, 3.63) is 101 Å². The molecule has 3 rings (SSSR count). The molecule has 1 heterocycles. The molecule has 2 aromatic rings. The van der Waals surface area contributed by atoms with Gasteiger partial charge in [-0.15, -0.1) is 0 Å². The summed E-state index contributed by atoms with van der Waals surface area (Å²) in [6.45, 7) is 11.3. The smallest absolute Gasteiger partial charge is 0.694 e. The van der Waals surface area contributed by atoms with Gasteiger partial charge in [0.15, 0.2) is 0 Å². The Kier molecular flexibility index (Phi) is 47.6. The zero-order valence-electron chi connectivity index (χ0n) is 45.5. The van der Waals surface area contributed by atoms with Gasteiger partial charge < -0.3 is 30.2 Å². The molecular weight excluding hydrogens is 927 g/mol. The number of aryl methyl sites for hydroxylation is 2. The Morgan fingerprint density at radius 3 is 1.19 bits per heavy atom. The van der Waals surface area contributed by atoms with Gasteiger partial charge in [0.1, 0.15) is 5.57 Å². The first-order valence-electron chi connectivity index (χ1n) is 28.9. The van der Waals surface area contributed by atoms with Crippen LogP contribution in [-0.4, -0.2) is 4.70 Å². The average Bonchev–Trinajstić information content (AvgIpc) is 3.69. The van der Waals surface area contributed by atoms with Crippen LogP contribution in [0.4, 0.5) is 0 Å². The number of hydrogen-bond acceptors (Lipinski definition) is 0. The fraction of sp³-hybridized carbons (Fsp3) is 0.667. The molecule has 0 spiro atoms. The predicted molar refractivity (Wildman–Crippen MR) is 300 cm³/mol. The van der Waals surface area contributed by atoms with E-state index in [0.717, 1.165) is 66.6 Å². The van der Waals surface area contributed by atoms with Crippen molar-refractivity contribution in [1.29, 1.82) is 0 Å². The first-order chi connectivity index (χ1) is 33.5. The summed E-state index contributed by atoms with van der Waals surface area (Å²) in [6, 6.07) is 17.3. The SMILES string of the molecule is CCCCCCCCCCCCCC#CC1=C(c2cccc(CCCCC)c2)[N+](=[N-])C(c2cccc(CCCC)c2)=C1.[C-]#CCCCCCCCCCCC.[C-]#CCCCCCCCCCCC.[Pd+2]. The molecule has 386 valence electrons. The first kappa shape index (κ1) is 65.9. The van der Waals surface area contributed by atoms with E-state index in [1.165, 1.54) is 228 Å². The maximum Gasteiger partial charge on any atom is 2.00 e. The molecular formula is C66H102N2Pd. The molecule has 0 unspecified atom stereocenters. The van der Waals surface area contributed by atoms with E-state index in [2.05, 4.69) is 113 Å². The number of benzene rings is 2. The third-order valence-corrected chi connectivity index (χ3v) is 13.2. The van der Waals surface area contributed by atoms with Gasteiger partial charge in [-0.2, -0.15) is 0 Å². The molecule has 0 N–H and O–H groups in total. The summed E-state index contributed by atoms with van der Waals surface area (Å²) in [6.07, 6.45) is 65.6. The average molecular weight is 1030 g/mol. The van der Waals surface area contributed by atoms with E-state index in [0.29, 0.717) is 0 Å². The van der Waals surface area contributed by atoms with Crippen LogP contribution in [0.1, 0.15) is 294 Å². The van der Waals surface area contributed by atoms with Crippen LogP contribution in [0, 0.1) is 36.5 Å². The largest absolute Gasteiger partial charge is 2.00 e. The molecule has 2 nitrogen and oxygen atoms in total. The van der Waals surface area contributed by atoms with Gasteiger partial charge in [0.25, 0.3) is 0 Å². The molecule has 0 fully saturated rings. The van der Waals surface area contributed by atoms with Gasteiger partial charge in [0.05, 0.1) is 0 Å². The number of allylic oxidation sites excluding steroid dienone is 2. The molecule has 0 radical (unpaired) electrons. The maximum absolute atomic E-state index is 11.5. The van der Waals surface area contributed by atoms with Crippen LogP contribution >= 0.6 is 0 Å². The summed E-state index contributed by atoms with van der Waals surface area (Å²) in [5, 5.41) is 0. The van der Waals surface area contributed by atoms with E-state index in [4.69, 9.17) is 12.8 Å². The molecule has 3 heteroatoms. The fourth-order valence-electron chi connectivity index (χ4n) is 8.88. The Morgan fingerprint density at radius 2 is 0.768 bits per heavy atom. The van der Waals surface area contributed by atoms with Crippen LogP contribution in [0.5, 0.6) is 0 Å². The number of rotatable bonds is 38. The molecule has 1 aliphatic rings. The van der Waals surface area contributed by atoms with Gasteiger partial charge in [-0.25, -0.2) is 4.70 Å². The molecule has 0 atom stereocenters. The van der Waals surface area contributed by atoms with E-state index in [1.807, 2.05) is 0 Å². The summed E-state index contributed by atoms with van der Waals surface area (Å²) in [4.78, 5) is 0. The molecule has 0 bridgehead atoms. The third kappa shape index (κ3) is 35.6. The minimum absolute atomic E-state index is 0. The van der Waals surface area contributed by atoms with Gasteiger partial charge >= 0.3 is 20.4 Å². The summed E-state index contributed by atoms with van der Waals surface area (Å²) < 4.78 is 1.39. The van der Waals surface area contributed by atoms with Crippen molar-refractivity contribution in [3.8, 4) is 23.7 Å². The summed E-state index contributed by atoms with van der Waals surface area (Å²) >= 11 is 0. The second-order valence-corrected chi connectivity index (χ2v) is 19.7. The van der Waals surface area contributed by atoms with E-state index >= 15 is 0 Å². The maximum atomic E-state index is 11.5. The monoisotopic (exact) mass is 1030 g/mol. The molecule has 1 aliphatic heterocycles. The van der Waals surface area contributed by atoms with Crippen LogP contribution in [0.25, 0.3) is 16.9 Å². The topological polar surface area (TPSA) is 25.3 Å². The van der Waals surface area contributed by atoms with Gasteiger partial charge in [-0.05, 0) is 93.2 Å². The summed E-state index contributed by atoms with van der Waals surface area (Å²) in [5.74, 6) is 11.8. The van der Waals surface area contributed by atoms with Crippen molar-refractivity contribution >= 4 is 11.4 Å². The van der Waals surface area contributed by atoms with Crippen molar-refractivity contribution < 1.29 is 25.1 Å². The summed E-state index contributed by atoms with van der Waals surface area (Å²) in [5.41, 5.74) is 18.8. The zero-order chi connectivity index (χ0) is 49.4. The van der Waals surface area contributed by atoms with Crippen molar-refractivity contribution in [3.63, 3.8) is 0 Å². The summed E-state index contributed by atoms with van der Waals surface area (Å²) in [7, 11) is 0. The minimum atomic E-state index is 0. The Balaban J connectivity index is 0.00000140. The zero-order valence-corrected chi connectivity index (χ0v) is 47.0. The second kappa shape index (κ2) is 49.8. The molecule has 0 aromatic heterocycles. The van der Waals surface area contributed by atoms with Gasteiger partial charge in [0, 0.05) is 23.6 Å². The fourth-order valence-corrected chi connectivity index (χ4v) is 8.88. The minimum Gasteiger partial charge on any atom is -0.694 e. The molecule has 0 saturated carbocycles. The third-order valence-electron chi connectivity index (χ3n) is 13.2. The number of nitrogens with zero attached hydrogens (tertiary/aromatic N) is 2. The Labute approximate surface area is 443 Å². The van der Waals surface area contributed by atoms with E-state index in [1.54, 1.807) is 0 Å². The molecule has 0 aliphatic carbocycles. The number of unbranched alkanes of at least 4 members (excludes halogenated alkanes) is 32. The van der Waals surface area contributed by atoms with Crippen molar-refractivity contribution in [2.45, 2.75) is 285 Å². The van der Waals surface area contributed by atoms with E-state index in [9.17, 15) is 5.53 Å². The second-order valence-electron chi connectivity index (χ2n) is 19.7. The normalized spacial score (nSPS) is 11.6. The Bertz CT molecular complexity index is 1710. The molecule has 69 heavy (non-hydrogen) atoms. The van der Waals surface area contributed by atoms with Crippen molar-refractivity contribution in [2.24, 2.45) is 0 Å². The van der Waals surface area contributed by atoms with Crippen LogP contribution in [-0.2, 0) is 33.3 Å². The number of hydrogen-bond donors (Lipinski definition) is 0. The van der Waals surface area contributed by atoms with E-state index in [-0.39, 0.29) is 20.4 Å².